The largest absolute Gasteiger partial charge is 0.459 e. The van der Waals surface area contributed by atoms with Gasteiger partial charge >= 0.3 is 0 Å². The van der Waals surface area contributed by atoms with Crippen LogP contribution in [0.4, 0.5) is 0 Å². The zero-order chi connectivity index (χ0) is 14.1. The molecule has 2 aromatic carbocycles. The Morgan fingerprint density at radius 3 is 2.50 bits per heavy atom. The number of aryl methyl sites for hydroxylation is 2. The van der Waals surface area contributed by atoms with Gasteiger partial charge in [-0.3, -0.25) is 5.84 Å². The minimum absolute atomic E-state index is 0.137. The van der Waals surface area contributed by atoms with Gasteiger partial charge in [0, 0.05) is 5.39 Å². The Morgan fingerprint density at radius 1 is 1.00 bits per heavy atom. The molecule has 0 fully saturated rings. The standard InChI is InChI=1S/C17H18N2O/c1-11-7-8-14(9-12(11)2)17(19-18)16-10-13-5-3-4-6-15(13)20-16/h3-10,17,19H,18H2,1-2H3. The minimum atomic E-state index is -0.137. The van der Waals surface area contributed by atoms with Crippen LogP contribution in [0.15, 0.2) is 52.9 Å². The van der Waals surface area contributed by atoms with Crippen LogP contribution in [-0.2, 0) is 0 Å². The van der Waals surface area contributed by atoms with E-state index >= 15 is 0 Å². The minimum Gasteiger partial charge on any atom is -0.459 e. The molecule has 1 unspecified atom stereocenters. The summed E-state index contributed by atoms with van der Waals surface area (Å²) < 4.78 is 5.90. The van der Waals surface area contributed by atoms with Crippen molar-refractivity contribution >= 4 is 11.0 Å². The van der Waals surface area contributed by atoms with Gasteiger partial charge in [0.05, 0.1) is 0 Å². The maximum atomic E-state index is 5.90. The van der Waals surface area contributed by atoms with Crippen LogP contribution >= 0.6 is 0 Å². The zero-order valence-electron chi connectivity index (χ0n) is 11.7. The summed E-state index contributed by atoms with van der Waals surface area (Å²) in [5.74, 6) is 6.57. The quantitative estimate of drug-likeness (QED) is 0.562. The van der Waals surface area contributed by atoms with Crippen LogP contribution < -0.4 is 11.3 Å². The zero-order valence-corrected chi connectivity index (χ0v) is 11.7. The van der Waals surface area contributed by atoms with Gasteiger partial charge in [0.15, 0.2) is 0 Å². The summed E-state index contributed by atoms with van der Waals surface area (Å²) in [7, 11) is 0. The summed E-state index contributed by atoms with van der Waals surface area (Å²) in [4.78, 5) is 0. The molecule has 0 aliphatic rings. The van der Waals surface area contributed by atoms with Crippen molar-refractivity contribution in [2.75, 3.05) is 0 Å². The molecule has 102 valence electrons. The van der Waals surface area contributed by atoms with Gasteiger partial charge in [-0.1, -0.05) is 36.4 Å². The predicted octanol–water partition coefficient (Wildman–Crippen LogP) is 3.60. The molecular formula is C17H18N2O. The van der Waals surface area contributed by atoms with Gasteiger partial charge in [0.1, 0.15) is 17.4 Å². The van der Waals surface area contributed by atoms with Crippen molar-refractivity contribution in [3.8, 4) is 0 Å². The molecule has 0 spiro atoms. The molecule has 0 saturated carbocycles. The van der Waals surface area contributed by atoms with E-state index in [0.29, 0.717) is 0 Å². The maximum Gasteiger partial charge on any atom is 0.134 e. The normalized spacial score (nSPS) is 12.8. The highest BCUT2D eigenvalue weighted by Crippen LogP contribution is 2.28. The maximum absolute atomic E-state index is 5.90. The highest BCUT2D eigenvalue weighted by atomic mass is 16.3. The van der Waals surface area contributed by atoms with Gasteiger partial charge < -0.3 is 4.42 Å². The number of fused-ring (bicyclic) bond motifs is 1. The van der Waals surface area contributed by atoms with Crippen LogP contribution in [0, 0.1) is 13.8 Å². The molecule has 0 bridgehead atoms. The first kappa shape index (κ1) is 12.9. The highest BCUT2D eigenvalue weighted by molar-refractivity contribution is 5.78. The van der Waals surface area contributed by atoms with Gasteiger partial charge in [-0.15, -0.1) is 0 Å². The Morgan fingerprint density at radius 2 is 1.80 bits per heavy atom. The van der Waals surface area contributed by atoms with E-state index in [4.69, 9.17) is 10.3 Å². The average Bonchev–Trinajstić information content (AvgIpc) is 2.87. The molecule has 0 radical (unpaired) electrons. The number of hydrogen-bond donors (Lipinski definition) is 2. The van der Waals surface area contributed by atoms with Crippen molar-refractivity contribution in [3.05, 3.63) is 71.0 Å². The van der Waals surface area contributed by atoms with Crippen molar-refractivity contribution < 1.29 is 4.42 Å². The molecule has 0 amide bonds. The number of nitrogens with two attached hydrogens (primary N) is 1. The van der Waals surface area contributed by atoms with Crippen LogP contribution in [0.5, 0.6) is 0 Å². The van der Waals surface area contributed by atoms with Crippen molar-refractivity contribution in [3.63, 3.8) is 0 Å². The van der Waals surface area contributed by atoms with Crippen LogP contribution in [-0.4, -0.2) is 0 Å². The monoisotopic (exact) mass is 266 g/mol. The molecule has 1 atom stereocenters. The summed E-state index contributed by atoms with van der Waals surface area (Å²) in [5.41, 5.74) is 7.36. The van der Waals surface area contributed by atoms with Gasteiger partial charge in [-0.05, 0) is 42.7 Å². The predicted molar refractivity (Wildman–Crippen MR) is 81.3 cm³/mol. The number of para-hydroxylation sites is 1. The van der Waals surface area contributed by atoms with E-state index in [1.807, 2.05) is 30.3 Å². The number of furan rings is 1. The van der Waals surface area contributed by atoms with E-state index in [2.05, 4.69) is 37.5 Å². The first-order valence-electron chi connectivity index (χ1n) is 6.71. The van der Waals surface area contributed by atoms with Crippen molar-refractivity contribution in [2.45, 2.75) is 19.9 Å². The fraction of sp³-hybridized carbons (Fsp3) is 0.176. The number of hydrogen-bond acceptors (Lipinski definition) is 3. The topological polar surface area (TPSA) is 51.2 Å². The van der Waals surface area contributed by atoms with Crippen LogP contribution in [0.1, 0.15) is 28.5 Å². The second-order valence-electron chi connectivity index (χ2n) is 5.13. The van der Waals surface area contributed by atoms with E-state index in [9.17, 15) is 0 Å². The Labute approximate surface area is 118 Å². The Bertz CT molecular complexity index is 713. The summed E-state index contributed by atoms with van der Waals surface area (Å²) in [5, 5.41) is 1.09. The fourth-order valence-corrected chi connectivity index (χ4v) is 2.43. The van der Waals surface area contributed by atoms with Gasteiger partial charge in [0.2, 0.25) is 0 Å². The first-order valence-corrected chi connectivity index (χ1v) is 6.71. The van der Waals surface area contributed by atoms with Crippen molar-refractivity contribution in [2.24, 2.45) is 5.84 Å². The average molecular weight is 266 g/mol. The van der Waals surface area contributed by atoms with E-state index < -0.39 is 0 Å². The van der Waals surface area contributed by atoms with Crippen LogP contribution in [0.25, 0.3) is 11.0 Å². The third kappa shape index (κ3) is 2.22. The molecule has 3 heteroatoms. The van der Waals surface area contributed by atoms with Crippen molar-refractivity contribution in [1.29, 1.82) is 0 Å². The third-order valence-corrected chi connectivity index (χ3v) is 3.76. The number of nitrogens with one attached hydrogen (secondary N) is 1. The van der Waals surface area contributed by atoms with Crippen molar-refractivity contribution in [1.82, 2.24) is 5.43 Å². The number of hydrazine groups is 1. The molecule has 0 saturated heterocycles. The number of rotatable bonds is 3. The second-order valence-corrected chi connectivity index (χ2v) is 5.13. The van der Waals surface area contributed by atoms with E-state index in [1.165, 1.54) is 11.1 Å². The molecule has 3 nitrogen and oxygen atoms in total. The van der Waals surface area contributed by atoms with E-state index in [0.717, 1.165) is 22.3 Å². The Kier molecular flexibility index (Phi) is 3.30. The molecule has 0 aliphatic heterocycles. The molecule has 3 aromatic rings. The lowest BCUT2D eigenvalue weighted by molar-refractivity contribution is 0.477. The first-order chi connectivity index (χ1) is 9.69. The molecular weight excluding hydrogens is 248 g/mol. The smallest absolute Gasteiger partial charge is 0.134 e. The summed E-state index contributed by atoms with van der Waals surface area (Å²) in [6.07, 6.45) is 0. The lowest BCUT2D eigenvalue weighted by Gasteiger charge is -2.15. The molecule has 1 heterocycles. The summed E-state index contributed by atoms with van der Waals surface area (Å²) in [6, 6.07) is 16.2. The van der Waals surface area contributed by atoms with Gasteiger partial charge in [-0.25, -0.2) is 5.43 Å². The summed E-state index contributed by atoms with van der Waals surface area (Å²) in [6.45, 7) is 4.20. The molecule has 20 heavy (non-hydrogen) atoms. The van der Waals surface area contributed by atoms with Gasteiger partial charge in [0.25, 0.3) is 0 Å². The number of benzene rings is 2. The fourth-order valence-electron chi connectivity index (χ4n) is 2.43. The lowest BCUT2D eigenvalue weighted by atomic mass is 10.00. The Hall–Kier alpha value is -2.10. The molecule has 3 rings (SSSR count). The molecule has 1 aromatic heterocycles. The molecule has 0 aliphatic carbocycles. The van der Waals surface area contributed by atoms with Crippen LogP contribution in [0.2, 0.25) is 0 Å². The lowest BCUT2D eigenvalue weighted by Crippen LogP contribution is -2.28. The highest BCUT2D eigenvalue weighted by Gasteiger charge is 2.17. The molecule has 3 N–H and O–H groups in total. The summed E-state index contributed by atoms with van der Waals surface area (Å²) >= 11 is 0. The third-order valence-electron chi connectivity index (χ3n) is 3.76. The Balaban J connectivity index is 2.06. The SMILES string of the molecule is Cc1ccc(C(NN)c2cc3ccccc3o2)cc1C. The second kappa shape index (κ2) is 5.12. The van der Waals surface area contributed by atoms with Gasteiger partial charge in [-0.2, -0.15) is 0 Å². The van der Waals surface area contributed by atoms with E-state index in [-0.39, 0.29) is 6.04 Å². The van der Waals surface area contributed by atoms with E-state index in [1.54, 1.807) is 0 Å². The van der Waals surface area contributed by atoms with Crippen LogP contribution in [0.3, 0.4) is 0 Å².